The summed E-state index contributed by atoms with van der Waals surface area (Å²) in [6, 6.07) is 11.1. The van der Waals surface area contributed by atoms with Crippen LogP contribution in [0.2, 0.25) is 0 Å². The SMILES string of the molecule is CCNC(CCN1CCCC(O)C1)c1ccccc1. The van der Waals surface area contributed by atoms with E-state index in [0.717, 1.165) is 45.4 Å². The number of aliphatic hydroxyl groups is 1. The summed E-state index contributed by atoms with van der Waals surface area (Å²) in [5, 5.41) is 13.3. The largest absolute Gasteiger partial charge is 0.392 e. The molecule has 2 N–H and O–H groups in total. The van der Waals surface area contributed by atoms with Gasteiger partial charge in [-0.2, -0.15) is 0 Å². The molecule has 0 saturated carbocycles. The summed E-state index contributed by atoms with van der Waals surface area (Å²) in [6.45, 7) is 6.17. The van der Waals surface area contributed by atoms with Crippen LogP contribution >= 0.6 is 0 Å². The molecule has 0 aliphatic carbocycles. The Labute approximate surface area is 116 Å². The lowest BCUT2D eigenvalue weighted by molar-refractivity contribution is 0.0685. The van der Waals surface area contributed by atoms with E-state index in [1.165, 1.54) is 5.56 Å². The number of nitrogens with one attached hydrogen (secondary N) is 1. The van der Waals surface area contributed by atoms with Gasteiger partial charge in [-0.3, -0.25) is 0 Å². The molecule has 0 amide bonds. The van der Waals surface area contributed by atoms with Gasteiger partial charge in [0.2, 0.25) is 0 Å². The predicted octanol–water partition coefficient (Wildman–Crippen LogP) is 2.18. The molecule has 3 nitrogen and oxygen atoms in total. The molecule has 0 bridgehead atoms. The molecule has 1 aliphatic rings. The maximum atomic E-state index is 9.71. The number of nitrogens with zero attached hydrogens (tertiary/aromatic N) is 1. The molecule has 1 aliphatic heterocycles. The van der Waals surface area contributed by atoms with Crippen LogP contribution in [0.15, 0.2) is 30.3 Å². The Hall–Kier alpha value is -0.900. The maximum absolute atomic E-state index is 9.71. The van der Waals surface area contributed by atoms with E-state index in [1.54, 1.807) is 0 Å². The zero-order chi connectivity index (χ0) is 13.5. The molecular weight excluding hydrogens is 236 g/mol. The van der Waals surface area contributed by atoms with Crippen molar-refractivity contribution in [2.24, 2.45) is 0 Å². The van der Waals surface area contributed by atoms with Crippen LogP contribution in [0.25, 0.3) is 0 Å². The summed E-state index contributed by atoms with van der Waals surface area (Å²) in [7, 11) is 0. The van der Waals surface area contributed by atoms with Crippen LogP contribution in [0.3, 0.4) is 0 Å². The summed E-state index contributed by atoms with van der Waals surface area (Å²) < 4.78 is 0. The first-order chi connectivity index (χ1) is 9.29. The van der Waals surface area contributed by atoms with Gasteiger partial charge >= 0.3 is 0 Å². The fraction of sp³-hybridized carbons (Fsp3) is 0.625. The monoisotopic (exact) mass is 262 g/mol. The van der Waals surface area contributed by atoms with Gasteiger partial charge in [0.25, 0.3) is 0 Å². The molecule has 1 aromatic carbocycles. The van der Waals surface area contributed by atoms with Gasteiger partial charge in [-0.05, 0) is 37.9 Å². The third-order valence-electron chi connectivity index (χ3n) is 3.87. The van der Waals surface area contributed by atoms with Crippen LogP contribution < -0.4 is 5.32 Å². The van der Waals surface area contributed by atoms with E-state index < -0.39 is 0 Å². The number of piperidine rings is 1. The van der Waals surface area contributed by atoms with E-state index >= 15 is 0 Å². The number of rotatable bonds is 6. The van der Waals surface area contributed by atoms with Gasteiger partial charge in [0.15, 0.2) is 0 Å². The van der Waals surface area contributed by atoms with Crippen molar-refractivity contribution in [1.82, 2.24) is 10.2 Å². The number of hydrogen-bond donors (Lipinski definition) is 2. The van der Waals surface area contributed by atoms with E-state index in [0.29, 0.717) is 6.04 Å². The summed E-state index contributed by atoms with van der Waals surface area (Å²) in [4.78, 5) is 2.39. The van der Waals surface area contributed by atoms with Crippen molar-refractivity contribution in [2.75, 3.05) is 26.2 Å². The van der Waals surface area contributed by atoms with Crippen molar-refractivity contribution in [3.63, 3.8) is 0 Å². The van der Waals surface area contributed by atoms with E-state index in [4.69, 9.17) is 0 Å². The quantitative estimate of drug-likeness (QED) is 0.825. The first kappa shape index (κ1) is 14.5. The summed E-state index contributed by atoms with van der Waals surface area (Å²) >= 11 is 0. The van der Waals surface area contributed by atoms with E-state index in [-0.39, 0.29) is 6.10 Å². The van der Waals surface area contributed by atoms with Crippen molar-refractivity contribution < 1.29 is 5.11 Å². The first-order valence-corrected chi connectivity index (χ1v) is 7.48. The van der Waals surface area contributed by atoms with E-state index in [2.05, 4.69) is 47.5 Å². The average Bonchev–Trinajstić information content (AvgIpc) is 2.44. The third kappa shape index (κ3) is 4.60. The Kier molecular flexibility index (Phi) is 5.83. The number of β-amino-alcohol motifs (C(OH)–C–C–N with tert-alkyl or cyclic N) is 1. The Morgan fingerprint density at radius 1 is 1.37 bits per heavy atom. The highest BCUT2D eigenvalue weighted by Crippen LogP contribution is 2.18. The highest BCUT2D eigenvalue weighted by atomic mass is 16.3. The molecule has 106 valence electrons. The zero-order valence-electron chi connectivity index (χ0n) is 11.9. The van der Waals surface area contributed by atoms with Crippen LogP contribution in [-0.4, -0.2) is 42.3 Å². The molecule has 3 heteroatoms. The molecule has 1 fully saturated rings. The number of likely N-dealkylation sites (tertiary alicyclic amines) is 1. The van der Waals surface area contributed by atoms with Crippen molar-refractivity contribution >= 4 is 0 Å². The second-order valence-corrected chi connectivity index (χ2v) is 5.41. The molecule has 1 saturated heterocycles. The highest BCUT2D eigenvalue weighted by Gasteiger charge is 2.19. The standard InChI is InChI=1S/C16H26N2O/c1-2-17-16(14-7-4-3-5-8-14)10-12-18-11-6-9-15(19)13-18/h3-5,7-8,15-17,19H,2,6,9-13H2,1H3. The van der Waals surface area contributed by atoms with Crippen LogP contribution in [0.4, 0.5) is 0 Å². The Balaban J connectivity index is 1.86. The molecule has 1 heterocycles. The summed E-state index contributed by atoms with van der Waals surface area (Å²) in [5.41, 5.74) is 1.36. The molecule has 2 rings (SSSR count). The molecule has 2 atom stereocenters. The molecule has 19 heavy (non-hydrogen) atoms. The zero-order valence-corrected chi connectivity index (χ0v) is 11.9. The van der Waals surface area contributed by atoms with Gasteiger partial charge in [0.05, 0.1) is 6.10 Å². The highest BCUT2D eigenvalue weighted by molar-refractivity contribution is 5.18. The molecule has 2 unspecified atom stereocenters. The number of hydrogen-bond acceptors (Lipinski definition) is 3. The normalized spacial score (nSPS) is 22.3. The minimum absolute atomic E-state index is 0.122. The van der Waals surface area contributed by atoms with Gasteiger partial charge in [-0.15, -0.1) is 0 Å². The molecule has 1 aromatic rings. The number of benzene rings is 1. The third-order valence-corrected chi connectivity index (χ3v) is 3.87. The predicted molar refractivity (Wildman–Crippen MR) is 79.2 cm³/mol. The second-order valence-electron chi connectivity index (χ2n) is 5.41. The molecule has 0 spiro atoms. The van der Waals surface area contributed by atoms with E-state index in [9.17, 15) is 5.11 Å². The Morgan fingerprint density at radius 2 is 2.16 bits per heavy atom. The van der Waals surface area contributed by atoms with Crippen LogP contribution in [-0.2, 0) is 0 Å². The maximum Gasteiger partial charge on any atom is 0.0667 e. The minimum atomic E-state index is -0.122. The van der Waals surface area contributed by atoms with Crippen LogP contribution in [0, 0.1) is 0 Å². The molecule has 0 radical (unpaired) electrons. The van der Waals surface area contributed by atoms with Crippen molar-refractivity contribution in [3.8, 4) is 0 Å². The summed E-state index contributed by atoms with van der Waals surface area (Å²) in [6.07, 6.45) is 3.07. The molecular formula is C16H26N2O. The minimum Gasteiger partial charge on any atom is -0.392 e. The lowest BCUT2D eigenvalue weighted by atomic mass is 10.0. The number of aliphatic hydroxyl groups excluding tert-OH is 1. The van der Waals surface area contributed by atoms with Gasteiger partial charge in [-0.25, -0.2) is 0 Å². The fourth-order valence-corrected chi connectivity index (χ4v) is 2.86. The van der Waals surface area contributed by atoms with Crippen molar-refractivity contribution in [3.05, 3.63) is 35.9 Å². The lowest BCUT2D eigenvalue weighted by Gasteiger charge is -2.31. The first-order valence-electron chi connectivity index (χ1n) is 7.48. The second kappa shape index (κ2) is 7.63. The van der Waals surface area contributed by atoms with Crippen LogP contribution in [0.5, 0.6) is 0 Å². The Bertz CT molecular complexity index is 355. The topological polar surface area (TPSA) is 35.5 Å². The van der Waals surface area contributed by atoms with Gasteiger partial charge in [0.1, 0.15) is 0 Å². The lowest BCUT2D eigenvalue weighted by Crippen LogP contribution is -2.39. The smallest absolute Gasteiger partial charge is 0.0667 e. The van der Waals surface area contributed by atoms with Crippen molar-refractivity contribution in [1.29, 1.82) is 0 Å². The van der Waals surface area contributed by atoms with Gasteiger partial charge in [-0.1, -0.05) is 37.3 Å². The average molecular weight is 262 g/mol. The van der Waals surface area contributed by atoms with Gasteiger partial charge < -0.3 is 15.3 Å². The summed E-state index contributed by atoms with van der Waals surface area (Å²) in [5.74, 6) is 0. The fourth-order valence-electron chi connectivity index (χ4n) is 2.86. The van der Waals surface area contributed by atoms with Crippen LogP contribution in [0.1, 0.15) is 37.8 Å². The Morgan fingerprint density at radius 3 is 2.84 bits per heavy atom. The van der Waals surface area contributed by atoms with E-state index in [1.807, 2.05) is 0 Å². The van der Waals surface area contributed by atoms with Gasteiger partial charge in [0, 0.05) is 19.1 Å². The molecule has 0 aromatic heterocycles. The van der Waals surface area contributed by atoms with Crippen molar-refractivity contribution in [2.45, 2.75) is 38.3 Å².